The maximum absolute atomic E-state index is 10.8. The highest BCUT2D eigenvalue weighted by Crippen LogP contribution is 2.29. The Kier molecular flexibility index (Phi) is 2.96. The zero-order valence-electron chi connectivity index (χ0n) is 8.89. The van der Waals surface area contributed by atoms with Gasteiger partial charge in [0.1, 0.15) is 6.10 Å². The fourth-order valence-electron chi connectivity index (χ4n) is 1.79. The zero-order valence-corrected chi connectivity index (χ0v) is 9.89. The van der Waals surface area contributed by atoms with Gasteiger partial charge in [0.05, 0.1) is 8.07 Å². The molecule has 2 nitrogen and oxygen atoms in total. The number of rotatable bonds is 2. The molecule has 74 valence electrons. The van der Waals surface area contributed by atoms with Gasteiger partial charge in [-0.25, -0.2) is 0 Å². The summed E-state index contributed by atoms with van der Waals surface area (Å²) in [6.07, 6.45) is 4.40. The number of allylic oxidation sites excluding steroid dienone is 1. The Morgan fingerprint density at radius 3 is 2.62 bits per heavy atom. The molecule has 0 aromatic carbocycles. The molecule has 0 aromatic rings. The van der Waals surface area contributed by atoms with Crippen LogP contribution in [0.2, 0.25) is 19.6 Å². The quantitative estimate of drug-likeness (QED) is 0.503. The van der Waals surface area contributed by atoms with E-state index in [1.807, 2.05) is 0 Å². The lowest BCUT2D eigenvalue weighted by molar-refractivity contribution is -0.144. The van der Waals surface area contributed by atoms with E-state index in [0.29, 0.717) is 0 Å². The van der Waals surface area contributed by atoms with Gasteiger partial charge < -0.3 is 4.74 Å². The van der Waals surface area contributed by atoms with E-state index < -0.39 is 8.07 Å². The molecule has 0 fully saturated rings. The molecule has 0 radical (unpaired) electrons. The Hall–Kier alpha value is -0.573. The van der Waals surface area contributed by atoms with Crippen molar-refractivity contribution in [2.24, 2.45) is 0 Å². The number of carbonyl (C=O) groups excluding carboxylic acids is 1. The van der Waals surface area contributed by atoms with Crippen LogP contribution in [0.3, 0.4) is 0 Å². The second-order valence-electron chi connectivity index (χ2n) is 4.58. The van der Waals surface area contributed by atoms with Gasteiger partial charge in [0.25, 0.3) is 0 Å². The predicted molar refractivity (Wildman–Crippen MR) is 56.2 cm³/mol. The first kappa shape index (κ1) is 10.5. The minimum absolute atomic E-state index is 0.0872. The molecular weight excluding hydrogens is 180 g/mol. The van der Waals surface area contributed by atoms with E-state index in [1.54, 1.807) is 0 Å². The van der Waals surface area contributed by atoms with Crippen LogP contribution >= 0.6 is 0 Å². The third kappa shape index (κ3) is 2.69. The summed E-state index contributed by atoms with van der Waals surface area (Å²) >= 11 is 0. The molecule has 13 heavy (non-hydrogen) atoms. The number of carbonyl (C=O) groups is 1. The summed E-state index contributed by atoms with van der Waals surface area (Å²) < 4.78 is 5.28. The van der Waals surface area contributed by atoms with Crippen LogP contribution in [0.5, 0.6) is 0 Å². The van der Waals surface area contributed by atoms with Crippen LogP contribution in [0.4, 0.5) is 0 Å². The van der Waals surface area contributed by atoms with Crippen molar-refractivity contribution in [2.75, 3.05) is 0 Å². The minimum Gasteiger partial charge on any atom is -0.458 e. The molecule has 1 aliphatic carbocycles. The van der Waals surface area contributed by atoms with Crippen LogP contribution in [-0.2, 0) is 9.53 Å². The highest BCUT2D eigenvalue weighted by atomic mass is 28.3. The second kappa shape index (κ2) is 3.66. The van der Waals surface area contributed by atoms with Gasteiger partial charge in [-0.15, -0.1) is 0 Å². The van der Waals surface area contributed by atoms with Gasteiger partial charge >= 0.3 is 5.97 Å². The van der Waals surface area contributed by atoms with E-state index >= 15 is 0 Å². The molecular formula is C10H18O2Si. The average molecular weight is 198 g/mol. The van der Waals surface area contributed by atoms with E-state index in [1.165, 1.54) is 12.1 Å². The lowest BCUT2D eigenvalue weighted by atomic mass is 10.3. The summed E-state index contributed by atoms with van der Waals surface area (Å²) in [7, 11) is -1.27. The molecule has 0 saturated carbocycles. The van der Waals surface area contributed by atoms with Crippen LogP contribution in [0.15, 0.2) is 11.3 Å². The molecule has 0 N–H and O–H groups in total. The van der Waals surface area contributed by atoms with Gasteiger partial charge in [0.15, 0.2) is 0 Å². The number of hydrogen-bond donors (Lipinski definition) is 0. The zero-order chi connectivity index (χ0) is 10.1. The summed E-state index contributed by atoms with van der Waals surface area (Å²) in [6, 6.07) is 0. The second-order valence-corrected chi connectivity index (χ2v) is 9.66. The van der Waals surface area contributed by atoms with Crippen molar-refractivity contribution in [3.05, 3.63) is 11.3 Å². The third-order valence-electron chi connectivity index (χ3n) is 2.31. The summed E-state index contributed by atoms with van der Waals surface area (Å²) in [5, 5.41) is 1.41. The van der Waals surface area contributed by atoms with Crippen molar-refractivity contribution < 1.29 is 9.53 Å². The molecule has 0 aliphatic heterocycles. The SMILES string of the molecule is CC(=O)O[C@@H]1CCC=C1[Si](C)(C)C. The van der Waals surface area contributed by atoms with Gasteiger partial charge in [-0.2, -0.15) is 0 Å². The van der Waals surface area contributed by atoms with Crippen molar-refractivity contribution in [1.82, 2.24) is 0 Å². The Morgan fingerprint density at radius 2 is 2.15 bits per heavy atom. The van der Waals surface area contributed by atoms with E-state index in [2.05, 4.69) is 25.7 Å². The van der Waals surface area contributed by atoms with Crippen LogP contribution < -0.4 is 0 Å². The van der Waals surface area contributed by atoms with Crippen molar-refractivity contribution in [3.8, 4) is 0 Å². The molecule has 0 spiro atoms. The van der Waals surface area contributed by atoms with E-state index in [0.717, 1.165) is 12.8 Å². The molecule has 0 amide bonds. The molecule has 0 saturated heterocycles. The first-order valence-corrected chi connectivity index (χ1v) is 8.29. The lowest BCUT2D eigenvalue weighted by Gasteiger charge is -2.24. The topological polar surface area (TPSA) is 26.3 Å². The highest BCUT2D eigenvalue weighted by molar-refractivity contribution is 6.83. The lowest BCUT2D eigenvalue weighted by Crippen LogP contribution is -2.32. The van der Waals surface area contributed by atoms with Crippen LogP contribution in [0.1, 0.15) is 19.8 Å². The Bertz CT molecular complexity index is 238. The number of hydrogen-bond acceptors (Lipinski definition) is 2. The van der Waals surface area contributed by atoms with Gasteiger partial charge in [-0.1, -0.05) is 25.7 Å². The average Bonchev–Trinajstić information content (AvgIpc) is 2.31. The van der Waals surface area contributed by atoms with Gasteiger partial charge in [-0.05, 0) is 18.0 Å². The van der Waals surface area contributed by atoms with Crippen molar-refractivity contribution in [3.63, 3.8) is 0 Å². The molecule has 1 atom stereocenters. The van der Waals surface area contributed by atoms with Gasteiger partial charge in [-0.3, -0.25) is 4.79 Å². The number of esters is 1. The maximum Gasteiger partial charge on any atom is 0.303 e. The van der Waals surface area contributed by atoms with Crippen LogP contribution in [-0.4, -0.2) is 20.1 Å². The van der Waals surface area contributed by atoms with Crippen molar-refractivity contribution in [1.29, 1.82) is 0 Å². The van der Waals surface area contributed by atoms with Crippen LogP contribution in [0, 0.1) is 0 Å². The molecule has 1 aliphatic rings. The first-order valence-electron chi connectivity index (χ1n) is 4.79. The van der Waals surface area contributed by atoms with E-state index in [4.69, 9.17) is 4.74 Å². The highest BCUT2D eigenvalue weighted by Gasteiger charge is 2.31. The van der Waals surface area contributed by atoms with Gasteiger partial charge in [0.2, 0.25) is 0 Å². The number of ether oxygens (including phenoxy) is 1. The molecule has 0 heterocycles. The molecule has 1 rings (SSSR count). The minimum atomic E-state index is -1.27. The summed E-state index contributed by atoms with van der Waals surface area (Å²) in [4.78, 5) is 10.8. The van der Waals surface area contributed by atoms with E-state index in [-0.39, 0.29) is 12.1 Å². The summed E-state index contributed by atoms with van der Waals surface area (Å²) in [6.45, 7) is 8.36. The normalized spacial score (nSPS) is 22.8. The van der Waals surface area contributed by atoms with Crippen LogP contribution in [0.25, 0.3) is 0 Å². The smallest absolute Gasteiger partial charge is 0.303 e. The molecule has 0 bridgehead atoms. The Morgan fingerprint density at radius 1 is 1.54 bits per heavy atom. The fourth-order valence-corrected chi connectivity index (χ4v) is 3.71. The standard InChI is InChI=1S/C10H18O2Si/c1-8(11)12-9-6-5-7-10(9)13(2,3)4/h7,9H,5-6H2,1-4H3/t9-/m1/s1. The summed E-state index contributed by atoms with van der Waals surface area (Å²) in [5.74, 6) is -0.156. The van der Waals surface area contributed by atoms with Crippen molar-refractivity contribution in [2.45, 2.75) is 45.5 Å². The monoisotopic (exact) mass is 198 g/mol. The summed E-state index contributed by atoms with van der Waals surface area (Å²) in [5.41, 5.74) is 0. The fraction of sp³-hybridized carbons (Fsp3) is 0.700. The maximum atomic E-state index is 10.8. The Balaban J connectivity index is 2.69. The Labute approximate surface area is 81.0 Å². The predicted octanol–water partition coefficient (Wildman–Crippen LogP) is 2.52. The van der Waals surface area contributed by atoms with Gasteiger partial charge in [0, 0.05) is 6.92 Å². The molecule has 3 heteroatoms. The molecule has 0 aromatic heterocycles. The first-order chi connectivity index (χ1) is 5.91. The third-order valence-corrected chi connectivity index (χ3v) is 4.57. The van der Waals surface area contributed by atoms with Crippen molar-refractivity contribution >= 4 is 14.0 Å². The van der Waals surface area contributed by atoms with E-state index in [9.17, 15) is 4.79 Å². The molecule has 0 unspecified atom stereocenters. The largest absolute Gasteiger partial charge is 0.458 e.